The van der Waals surface area contributed by atoms with Gasteiger partial charge in [0.15, 0.2) is 0 Å². The third kappa shape index (κ3) is 4.73. The van der Waals surface area contributed by atoms with Crippen LogP contribution in [-0.4, -0.2) is 26.9 Å². The highest BCUT2D eigenvalue weighted by molar-refractivity contribution is 9.10. The van der Waals surface area contributed by atoms with Gasteiger partial charge in [0.25, 0.3) is 11.5 Å². The van der Waals surface area contributed by atoms with E-state index in [1.54, 1.807) is 38.4 Å². The van der Waals surface area contributed by atoms with E-state index in [1.807, 2.05) is 12.1 Å². The highest BCUT2D eigenvalue weighted by atomic mass is 79.9. The van der Waals surface area contributed by atoms with Gasteiger partial charge in [0, 0.05) is 36.0 Å². The minimum atomic E-state index is -0.505. The number of nitrogens with one attached hydrogen (secondary N) is 2. The number of pyridine rings is 1. The van der Waals surface area contributed by atoms with Crippen molar-refractivity contribution in [2.45, 2.75) is 20.0 Å². The lowest BCUT2D eigenvalue weighted by Crippen LogP contribution is -2.38. The van der Waals surface area contributed by atoms with Gasteiger partial charge in [-0.15, -0.1) is 11.3 Å². The Morgan fingerprint density at radius 2 is 2.00 bits per heavy atom. The van der Waals surface area contributed by atoms with Gasteiger partial charge in [0.1, 0.15) is 15.5 Å². The molecule has 1 aromatic carbocycles. The Morgan fingerprint density at radius 1 is 1.21 bits per heavy atom. The number of anilines is 1. The molecule has 0 unspecified atom stereocenters. The molecule has 0 spiro atoms. The van der Waals surface area contributed by atoms with Gasteiger partial charge in [-0.25, -0.2) is 9.78 Å². The molecule has 4 rings (SSSR count). The van der Waals surface area contributed by atoms with Crippen molar-refractivity contribution in [3.05, 3.63) is 94.6 Å². The predicted molar refractivity (Wildman–Crippen MR) is 134 cm³/mol. The summed E-state index contributed by atoms with van der Waals surface area (Å²) in [6.45, 7) is 2.04. The zero-order chi connectivity index (χ0) is 23.7. The highest BCUT2D eigenvalue weighted by Gasteiger charge is 2.18. The predicted octanol–water partition coefficient (Wildman–Crippen LogP) is 3.66. The van der Waals surface area contributed by atoms with Gasteiger partial charge < -0.3 is 10.6 Å². The molecule has 2 N–H and O–H groups in total. The number of aromatic nitrogens is 3. The molecule has 170 valence electrons. The van der Waals surface area contributed by atoms with Gasteiger partial charge in [0.05, 0.1) is 11.6 Å². The smallest absolute Gasteiger partial charge is 0.336 e. The lowest BCUT2D eigenvalue weighted by molar-refractivity contribution is 0.0954. The Labute approximate surface area is 206 Å². The van der Waals surface area contributed by atoms with E-state index in [0.717, 1.165) is 27.0 Å². The summed E-state index contributed by atoms with van der Waals surface area (Å²) in [7, 11) is 1.77. The van der Waals surface area contributed by atoms with Crippen LogP contribution in [0.5, 0.6) is 0 Å². The summed E-state index contributed by atoms with van der Waals surface area (Å²) >= 11 is 10.5. The second-order valence-electron chi connectivity index (χ2n) is 7.30. The van der Waals surface area contributed by atoms with E-state index in [4.69, 9.17) is 11.6 Å². The second kappa shape index (κ2) is 9.50. The van der Waals surface area contributed by atoms with Crippen molar-refractivity contribution < 1.29 is 4.79 Å². The molecule has 11 heteroatoms. The summed E-state index contributed by atoms with van der Waals surface area (Å²) < 4.78 is 3.19. The SMILES string of the molecule is CNc1cc(CNC(=O)c2cn3c(=O)n(Cc4ccc(Cl)c(Br)c4)c(=O)c(C)c3s2)ccn1. The maximum atomic E-state index is 13.1. The summed E-state index contributed by atoms with van der Waals surface area (Å²) in [5, 5.41) is 6.33. The van der Waals surface area contributed by atoms with Gasteiger partial charge in [0.2, 0.25) is 0 Å². The summed E-state index contributed by atoms with van der Waals surface area (Å²) in [4.78, 5) is 43.7. The van der Waals surface area contributed by atoms with Crippen LogP contribution in [0.3, 0.4) is 0 Å². The monoisotopic (exact) mass is 547 g/mol. The van der Waals surface area contributed by atoms with Crippen LogP contribution in [0.2, 0.25) is 5.02 Å². The molecule has 33 heavy (non-hydrogen) atoms. The van der Waals surface area contributed by atoms with Gasteiger partial charge >= 0.3 is 5.69 Å². The number of rotatable bonds is 6. The average molecular weight is 549 g/mol. The van der Waals surface area contributed by atoms with Crippen LogP contribution in [0.15, 0.2) is 56.8 Å². The van der Waals surface area contributed by atoms with E-state index < -0.39 is 11.2 Å². The summed E-state index contributed by atoms with van der Waals surface area (Å²) in [5.41, 5.74) is 1.13. The number of aryl methyl sites for hydroxylation is 1. The molecule has 1 amide bonds. The van der Waals surface area contributed by atoms with Gasteiger partial charge in [-0.2, -0.15) is 0 Å². The van der Waals surface area contributed by atoms with Gasteiger partial charge in [-0.3, -0.25) is 18.6 Å². The minimum absolute atomic E-state index is 0.0877. The number of halogens is 2. The molecule has 3 heterocycles. The average Bonchev–Trinajstić information content (AvgIpc) is 3.27. The van der Waals surface area contributed by atoms with Crippen molar-refractivity contribution in [2.75, 3.05) is 12.4 Å². The molecule has 0 atom stereocenters. The van der Waals surface area contributed by atoms with E-state index in [2.05, 4.69) is 31.5 Å². The van der Waals surface area contributed by atoms with Crippen molar-refractivity contribution in [3.8, 4) is 0 Å². The zero-order valence-corrected chi connectivity index (χ0v) is 20.8. The van der Waals surface area contributed by atoms with Crippen LogP contribution in [0.4, 0.5) is 5.82 Å². The third-order valence-electron chi connectivity index (χ3n) is 5.08. The molecule has 0 aliphatic heterocycles. The number of fused-ring (bicyclic) bond motifs is 1. The Kier molecular flexibility index (Phi) is 6.68. The molecule has 3 aromatic heterocycles. The van der Waals surface area contributed by atoms with Crippen LogP contribution in [0, 0.1) is 6.92 Å². The van der Waals surface area contributed by atoms with Crippen molar-refractivity contribution in [1.82, 2.24) is 19.3 Å². The molecule has 8 nitrogen and oxygen atoms in total. The Balaban J connectivity index is 1.64. The number of nitrogens with zero attached hydrogens (tertiary/aromatic N) is 3. The normalized spacial score (nSPS) is 11.0. The van der Waals surface area contributed by atoms with Gasteiger partial charge in [-0.1, -0.05) is 17.7 Å². The van der Waals surface area contributed by atoms with E-state index in [1.165, 1.54) is 10.6 Å². The standard InChI is InChI=1S/C22H19BrClN5O3S/c1-12-20(31)28(10-14-3-4-16(24)15(23)7-14)22(32)29-11-17(33-21(12)29)19(30)27-9-13-5-6-26-18(8-13)25-2/h3-8,11H,9-10H2,1-2H3,(H,25,26)(H,27,30). The van der Waals surface area contributed by atoms with E-state index >= 15 is 0 Å². The number of carbonyl (C=O) groups is 1. The van der Waals surface area contributed by atoms with Crippen LogP contribution >= 0.6 is 38.9 Å². The Hall–Kier alpha value is -2.95. The number of carbonyl (C=O) groups excluding carboxylic acids is 1. The maximum Gasteiger partial charge on any atom is 0.336 e. The van der Waals surface area contributed by atoms with Gasteiger partial charge in [-0.05, 0) is 58.2 Å². The third-order valence-corrected chi connectivity index (χ3v) is 7.50. The molecule has 0 aliphatic rings. The second-order valence-corrected chi connectivity index (χ2v) is 9.59. The lowest BCUT2D eigenvalue weighted by atomic mass is 10.2. The number of thiazole rings is 1. The van der Waals surface area contributed by atoms with Crippen LogP contribution in [0.1, 0.15) is 26.4 Å². The van der Waals surface area contributed by atoms with E-state index in [0.29, 0.717) is 37.1 Å². The van der Waals surface area contributed by atoms with Crippen molar-refractivity contribution in [3.63, 3.8) is 0 Å². The molecule has 0 saturated carbocycles. The van der Waals surface area contributed by atoms with Crippen LogP contribution in [-0.2, 0) is 13.1 Å². The van der Waals surface area contributed by atoms with Crippen molar-refractivity contribution in [1.29, 1.82) is 0 Å². The Bertz CT molecular complexity index is 1490. The fourth-order valence-electron chi connectivity index (χ4n) is 3.32. The van der Waals surface area contributed by atoms with Crippen LogP contribution in [0.25, 0.3) is 4.83 Å². The first-order valence-corrected chi connectivity index (χ1v) is 11.9. The Morgan fingerprint density at radius 3 is 2.73 bits per heavy atom. The van der Waals surface area contributed by atoms with E-state index in [9.17, 15) is 14.4 Å². The number of amides is 1. The molecular weight excluding hydrogens is 530 g/mol. The first-order chi connectivity index (χ1) is 15.8. The topological polar surface area (TPSA) is 97.5 Å². The van der Waals surface area contributed by atoms with Crippen molar-refractivity contribution in [2.24, 2.45) is 0 Å². The highest BCUT2D eigenvalue weighted by Crippen LogP contribution is 2.23. The first kappa shape index (κ1) is 23.2. The lowest BCUT2D eigenvalue weighted by Gasteiger charge is -2.08. The minimum Gasteiger partial charge on any atom is -0.373 e. The summed E-state index contributed by atoms with van der Waals surface area (Å²) in [6, 6.07) is 8.87. The van der Waals surface area contributed by atoms with Crippen molar-refractivity contribution >= 4 is 55.4 Å². The molecule has 4 aromatic rings. The molecule has 0 radical (unpaired) electrons. The quantitative estimate of drug-likeness (QED) is 0.383. The maximum absolute atomic E-state index is 13.1. The summed E-state index contributed by atoms with van der Waals surface area (Å²) in [5.74, 6) is 0.372. The fourth-order valence-corrected chi connectivity index (χ4v) is 4.87. The molecular formula is C22H19BrClN5O3S. The summed E-state index contributed by atoms with van der Waals surface area (Å²) in [6.07, 6.45) is 3.13. The molecule has 0 bridgehead atoms. The molecule has 0 aliphatic carbocycles. The number of hydrogen-bond donors (Lipinski definition) is 2. The molecule has 0 fully saturated rings. The zero-order valence-electron chi connectivity index (χ0n) is 17.7. The number of hydrogen-bond acceptors (Lipinski definition) is 6. The van der Waals surface area contributed by atoms with E-state index in [-0.39, 0.29) is 12.5 Å². The fraction of sp³-hybridized carbons (Fsp3) is 0.182. The van der Waals surface area contributed by atoms with Crippen LogP contribution < -0.4 is 21.9 Å². The largest absolute Gasteiger partial charge is 0.373 e. The molecule has 0 saturated heterocycles. The number of benzene rings is 1. The first-order valence-electron chi connectivity index (χ1n) is 9.89.